The van der Waals surface area contributed by atoms with E-state index in [4.69, 9.17) is 37.9 Å². The molecule has 12 nitrogen and oxygen atoms in total. The van der Waals surface area contributed by atoms with E-state index >= 15 is 0 Å². The number of carbonyl (C=O) groups is 4. The van der Waals surface area contributed by atoms with Crippen molar-refractivity contribution >= 4 is 23.9 Å². The predicted octanol–water partition coefficient (Wildman–Crippen LogP) is -0.154. The van der Waals surface area contributed by atoms with Gasteiger partial charge >= 0.3 is 23.9 Å². The zero-order chi connectivity index (χ0) is 23.9. The molecule has 0 aromatic rings. The van der Waals surface area contributed by atoms with Gasteiger partial charge in [0, 0.05) is 33.6 Å². The smallest absolute Gasteiger partial charge is 0.303 e. The zero-order valence-corrected chi connectivity index (χ0v) is 18.8. The molecular formula is C21H28O12. The lowest BCUT2D eigenvalue weighted by Crippen LogP contribution is -2.64. The highest BCUT2D eigenvalue weighted by Crippen LogP contribution is 2.54. The third-order valence-corrected chi connectivity index (χ3v) is 6.00. The molecule has 3 saturated heterocycles. The van der Waals surface area contributed by atoms with E-state index in [-0.39, 0.29) is 30.8 Å². The number of fused-ring (bicyclic) bond motifs is 4. The maximum atomic E-state index is 11.9. The van der Waals surface area contributed by atoms with Gasteiger partial charge in [0.1, 0.15) is 18.8 Å². The molecule has 10 atom stereocenters. The van der Waals surface area contributed by atoms with E-state index in [9.17, 15) is 19.2 Å². The van der Waals surface area contributed by atoms with Crippen LogP contribution in [0.15, 0.2) is 0 Å². The van der Waals surface area contributed by atoms with E-state index in [2.05, 4.69) is 0 Å². The Morgan fingerprint density at radius 1 is 0.758 bits per heavy atom. The maximum absolute atomic E-state index is 11.9. The summed E-state index contributed by atoms with van der Waals surface area (Å²) in [5.41, 5.74) is 0. The molecule has 3 heterocycles. The van der Waals surface area contributed by atoms with E-state index in [0.29, 0.717) is 6.61 Å². The summed E-state index contributed by atoms with van der Waals surface area (Å²) < 4.78 is 45.1. The molecule has 3 aliphatic heterocycles. The Labute approximate surface area is 190 Å². The fraction of sp³-hybridized carbons (Fsp3) is 0.810. The van der Waals surface area contributed by atoms with Crippen LogP contribution in [-0.4, -0.2) is 86.3 Å². The molecule has 0 N–H and O–H groups in total. The first kappa shape index (κ1) is 23.9. The molecule has 4 aliphatic rings. The van der Waals surface area contributed by atoms with Gasteiger partial charge in [-0.1, -0.05) is 0 Å². The van der Waals surface area contributed by atoms with Gasteiger partial charge in [-0.05, 0) is 12.3 Å². The van der Waals surface area contributed by atoms with Crippen LogP contribution in [0, 0.1) is 11.8 Å². The minimum absolute atomic E-state index is 0.183. The van der Waals surface area contributed by atoms with E-state index < -0.39 is 60.7 Å². The fourth-order valence-corrected chi connectivity index (χ4v) is 4.68. The second-order valence-corrected chi connectivity index (χ2v) is 8.61. The topological polar surface area (TPSA) is 142 Å². The first-order valence-electron chi connectivity index (χ1n) is 10.9. The highest BCUT2D eigenvalue weighted by atomic mass is 16.8. The first-order valence-corrected chi connectivity index (χ1v) is 10.9. The monoisotopic (exact) mass is 472 g/mol. The summed E-state index contributed by atoms with van der Waals surface area (Å²) in [4.78, 5) is 47.0. The van der Waals surface area contributed by atoms with Crippen molar-refractivity contribution in [1.82, 2.24) is 0 Å². The van der Waals surface area contributed by atoms with Gasteiger partial charge in [-0.2, -0.15) is 0 Å². The van der Waals surface area contributed by atoms with Gasteiger partial charge in [-0.3, -0.25) is 19.2 Å². The lowest BCUT2D eigenvalue weighted by Gasteiger charge is -2.45. The van der Waals surface area contributed by atoms with Crippen molar-refractivity contribution < 1.29 is 57.1 Å². The van der Waals surface area contributed by atoms with Crippen LogP contribution < -0.4 is 0 Å². The summed E-state index contributed by atoms with van der Waals surface area (Å²) in [5, 5.41) is 0. The molecule has 33 heavy (non-hydrogen) atoms. The summed E-state index contributed by atoms with van der Waals surface area (Å²) in [7, 11) is 0. The van der Waals surface area contributed by atoms with Gasteiger partial charge in [0.05, 0.1) is 12.7 Å². The average molecular weight is 472 g/mol. The van der Waals surface area contributed by atoms with Crippen molar-refractivity contribution in [1.29, 1.82) is 0 Å². The Balaban J connectivity index is 1.62. The molecule has 1 saturated carbocycles. The molecule has 1 aliphatic carbocycles. The second-order valence-electron chi connectivity index (χ2n) is 8.61. The van der Waals surface area contributed by atoms with Crippen LogP contribution in [0.25, 0.3) is 0 Å². The Bertz CT molecular complexity index is 798. The Morgan fingerprint density at radius 3 is 2.03 bits per heavy atom. The maximum Gasteiger partial charge on any atom is 0.303 e. The highest BCUT2D eigenvalue weighted by molar-refractivity contribution is 5.68. The molecular weight excluding hydrogens is 444 g/mol. The summed E-state index contributed by atoms with van der Waals surface area (Å²) in [6.07, 6.45) is -6.11. The summed E-state index contributed by atoms with van der Waals surface area (Å²) in [6, 6.07) is 0. The largest absolute Gasteiger partial charge is 0.463 e. The van der Waals surface area contributed by atoms with Crippen molar-refractivity contribution in [2.75, 3.05) is 13.2 Å². The van der Waals surface area contributed by atoms with E-state index in [0.717, 1.165) is 6.42 Å². The van der Waals surface area contributed by atoms with Gasteiger partial charge in [0.2, 0.25) is 0 Å². The van der Waals surface area contributed by atoms with Gasteiger partial charge in [-0.15, -0.1) is 0 Å². The highest BCUT2D eigenvalue weighted by Gasteiger charge is 2.62. The van der Waals surface area contributed by atoms with Crippen molar-refractivity contribution in [2.24, 2.45) is 11.8 Å². The van der Waals surface area contributed by atoms with Gasteiger partial charge in [0.15, 0.2) is 30.9 Å². The minimum Gasteiger partial charge on any atom is -0.463 e. The van der Waals surface area contributed by atoms with Gasteiger partial charge in [-0.25, -0.2) is 0 Å². The van der Waals surface area contributed by atoms with E-state index in [1.54, 1.807) is 0 Å². The summed E-state index contributed by atoms with van der Waals surface area (Å²) >= 11 is 0. The third kappa shape index (κ3) is 5.29. The molecule has 0 amide bonds. The molecule has 10 unspecified atom stereocenters. The van der Waals surface area contributed by atoms with Crippen molar-refractivity contribution in [2.45, 2.75) is 83.3 Å². The summed E-state index contributed by atoms with van der Waals surface area (Å²) in [5.74, 6) is -2.26. The lowest BCUT2D eigenvalue weighted by atomic mass is 9.97. The molecule has 0 aromatic carbocycles. The SMILES string of the molecule is CC(=O)OCC1OC(OC2C3COC(O3)C3CC32)C(OC(C)=O)C(OC(C)=O)C1OC(C)=O. The zero-order valence-electron chi connectivity index (χ0n) is 18.8. The minimum atomic E-state index is -1.26. The molecule has 0 spiro atoms. The van der Waals surface area contributed by atoms with Crippen LogP contribution in [0.2, 0.25) is 0 Å². The Morgan fingerprint density at radius 2 is 1.39 bits per heavy atom. The quantitative estimate of drug-likeness (QED) is 0.359. The Kier molecular flexibility index (Phi) is 6.89. The van der Waals surface area contributed by atoms with Crippen molar-refractivity contribution in [3.8, 4) is 0 Å². The molecule has 0 aromatic heterocycles. The fourth-order valence-electron chi connectivity index (χ4n) is 4.68. The number of rotatable bonds is 7. The molecule has 4 fully saturated rings. The number of hydrogen-bond donors (Lipinski definition) is 0. The summed E-state index contributed by atoms with van der Waals surface area (Å²) in [6.45, 7) is 4.78. The molecule has 4 rings (SSSR count). The third-order valence-electron chi connectivity index (χ3n) is 6.00. The number of carbonyl (C=O) groups excluding carboxylic acids is 4. The van der Waals surface area contributed by atoms with Crippen LogP contribution in [0.4, 0.5) is 0 Å². The van der Waals surface area contributed by atoms with Crippen LogP contribution in [0.3, 0.4) is 0 Å². The number of hydrogen-bond acceptors (Lipinski definition) is 12. The molecule has 2 bridgehead atoms. The van der Waals surface area contributed by atoms with Crippen LogP contribution >= 0.6 is 0 Å². The van der Waals surface area contributed by atoms with Gasteiger partial charge < -0.3 is 37.9 Å². The molecule has 12 heteroatoms. The number of ether oxygens (including phenoxy) is 8. The normalized spacial score (nSPS) is 40.8. The second kappa shape index (κ2) is 9.53. The van der Waals surface area contributed by atoms with Gasteiger partial charge in [0.25, 0.3) is 0 Å². The van der Waals surface area contributed by atoms with Crippen LogP contribution in [0.1, 0.15) is 34.1 Å². The molecule has 0 radical (unpaired) electrons. The van der Waals surface area contributed by atoms with E-state index in [1.807, 2.05) is 0 Å². The Hall–Kier alpha value is -2.28. The van der Waals surface area contributed by atoms with E-state index in [1.165, 1.54) is 27.7 Å². The number of esters is 4. The first-order chi connectivity index (χ1) is 15.6. The average Bonchev–Trinajstić information content (AvgIpc) is 3.40. The molecule has 184 valence electrons. The van der Waals surface area contributed by atoms with Crippen molar-refractivity contribution in [3.05, 3.63) is 0 Å². The lowest BCUT2D eigenvalue weighted by molar-refractivity contribution is -0.326. The predicted molar refractivity (Wildman–Crippen MR) is 103 cm³/mol. The standard InChI is InChI=1S/C21H28O12/c1-8(22)26-6-15-17(28-9(2)23)18(29-10(3)24)19(30-11(4)25)21(32-15)33-16-12-5-13(12)20-27-7-14(16)31-20/h12-21H,5-7H2,1-4H3. The van der Waals surface area contributed by atoms with Crippen LogP contribution in [-0.2, 0) is 57.1 Å². The van der Waals surface area contributed by atoms with Crippen molar-refractivity contribution in [3.63, 3.8) is 0 Å². The van der Waals surface area contributed by atoms with Crippen LogP contribution in [0.5, 0.6) is 0 Å².